The van der Waals surface area contributed by atoms with E-state index < -0.39 is 21.8 Å². The van der Waals surface area contributed by atoms with Crippen molar-refractivity contribution in [3.05, 3.63) is 0 Å². The molecule has 0 amide bonds. The Balaban J connectivity index is 0.000000121. The number of esters is 6. The Labute approximate surface area is 615 Å². The van der Waals surface area contributed by atoms with Crippen LogP contribution in [0.1, 0.15) is 274 Å². The molecular weight excluding hydrogens is 1300 g/mol. The minimum Gasteiger partial charge on any atom is -0.462 e. The number of rotatable bonds is 22. The molecule has 103 heavy (non-hydrogen) atoms. The molecule has 16 nitrogen and oxygen atoms in total. The van der Waals surface area contributed by atoms with Gasteiger partial charge in [-0.2, -0.15) is 0 Å². The number of ketones is 1. The minimum atomic E-state index is -0.444. The molecule has 19 rings (SSSR count). The van der Waals surface area contributed by atoms with Gasteiger partial charge in [0.25, 0.3) is 0 Å². The van der Waals surface area contributed by atoms with Crippen LogP contribution in [-0.2, 0) is 76.2 Å². The van der Waals surface area contributed by atoms with Gasteiger partial charge in [0.15, 0.2) is 20.4 Å². The first-order chi connectivity index (χ1) is 49.4. The molecule has 16 bridgehead atoms. The van der Waals surface area contributed by atoms with Crippen LogP contribution in [0.25, 0.3) is 0 Å². The normalized spacial score (nSPS) is 44.9. The van der Waals surface area contributed by atoms with E-state index >= 15 is 0 Å². The lowest BCUT2D eigenvalue weighted by molar-refractivity contribution is -0.278. The lowest BCUT2D eigenvalue weighted by Crippen LogP contribution is -2.70. The standard InChI is InChI=1S/C34H48O6.C27H42O5.C26H40O5/c1-4-32(2,3)31(37)40-26-14-20-13-24(26)28-22-11-19(27(20)28)12-23(22)30(36)38-17-39-34-8-6-5-7-33(34)15-18-9-21(16-33)29(35)25(34)10-18;1-4-27(2,3)26(29)32-22-13-18-12-21(22)24-19-10-17(23(18)24)11-20(19)25(28)31-15-30-14-16-8-6-5-7-9-16;1-4-26(2,3)25(28)31-21-13-16-12-20(21)23-18-10-15(22(16)23)11-19(18)24(27)30-14-29-17-8-6-5-7-9-17/h18-28H,4-17H2,1-3H3;16-24H,4-15H2,1-3H3;15-23H,4-14H2,1-3H3. The average molecular weight is 1430 g/mol. The van der Waals surface area contributed by atoms with Crippen LogP contribution in [0.5, 0.6) is 0 Å². The summed E-state index contributed by atoms with van der Waals surface area (Å²) in [5.41, 5.74) is -1.58. The quantitative estimate of drug-likeness (QED) is 0.0325. The molecule has 16 heteroatoms. The van der Waals surface area contributed by atoms with Crippen molar-refractivity contribution in [3.8, 4) is 0 Å². The molecule has 574 valence electrons. The summed E-state index contributed by atoms with van der Waals surface area (Å²) >= 11 is 0. The van der Waals surface area contributed by atoms with Crippen molar-refractivity contribution in [1.82, 2.24) is 0 Å². The number of carbonyl (C=O) groups is 7. The Kier molecular flexibility index (Phi) is 20.5. The number of ether oxygens (including phenoxy) is 9. The van der Waals surface area contributed by atoms with Crippen molar-refractivity contribution >= 4 is 41.6 Å². The third-order valence-corrected chi connectivity index (χ3v) is 34.4. The van der Waals surface area contributed by atoms with Crippen LogP contribution < -0.4 is 0 Å². The van der Waals surface area contributed by atoms with Crippen LogP contribution in [0.3, 0.4) is 0 Å². The maximum absolute atomic E-state index is 13.6. The fraction of sp³-hybridized carbons (Fsp3) is 0.920. The van der Waals surface area contributed by atoms with Gasteiger partial charge in [-0.15, -0.1) is 0 Å². The first kappa shape index (κ1) is 73.5. The number of hydrogen-bond donors (Lipinski definition) is 0. The SMILES string of the molecule is CCC(C)(C)C(=O)OC1CC2CC1C1C3CC(CC3C(=O)OCOC34CCCCC35CC3CC(C5)C(=O)C4C3)C21.CCC(C)(C)C(=O)OC1CC2CC1C1C3CC(CC3C(=O)OCOC3CCCCC3)C21.CCC(C)(C)C(=O)OC1CC2CC1C1C3CC(CC3C(=O)OCOCC3CCCCC3)C21. The molecular formula is C87H130O16. The highest BCUT2D eigenvalue weighted by Crippen LogP contribution is 2.74. The summed E-state index contributed by atoms with van der Waals surface area (Å²) in [5.74, 6) is 11.7. The number of carbonyl (C=O) groups excluding carboxylic acids is 7. The van der Waals surface area contributed by atoms with Crippen LogP contribution in [0.2, 0.25) is 0 Å². The van der Waals surface area contributed by atoms with E-state index in [4.69, 9.17) is 42.6 Å². The maximum Gasteiger partial charge on any atom is 0.311 e. The molecule has 0 radical (unpaired) electrons. The van der Waals surface area contributed by atoms with Crippen molar-refractivity contribution in [1.29, 1.82) is 0 Å². The molecule has 0 saturated heterocycles. The van der Waals surface area contributed by atoms with Crippen molar-refractivity contribution in [3.63, 3.8) is 0 Å². The molecule has 0 aromatic carbocycles. The van der Waals surface area contributed by atoms with Crippen molar-refractivity contribution in [2.24, 2.45) is 170 Å². The molecule has 19 aliphatic rings. The van der Waals surface area contributed by atoms with Gasteiger partial charge in [0.05, 0.1) is 52.3 Å². The molecule has 0 aromatic heterocycles. The lowest BCUT2D eigenvalue weighted by Gasteiger charge is -2.67. The summed E-state index contributed by atoms with van der Waals surface area (Å²) in [7, 11) is 0. The van der Waals surface area contributed by atoms with Gasteiger partial charge in [0.1, 0.15) is 24.1 Å². The van der Waals surface area contributed by atoms with Crippen LogP contribution in [-0.4, -0.2) is 98.6 Å². The predicted molar refractivity (Wildman–Crippen MR) is 383 cm³/mol. The zero-order valence-electron chi connectivity index (χ0n) is 64.4. The van der Waals surface area contributed by atoms with Crippen molar-refractivity contribution in [2.45, 2.75) is 304 Å². The van der Waals surface area contributed by atoms with Crippen LogP contribution in [0.15, 0.2) is 0 Å². The van der Waals surface area contributed by atoms with E-state index in [9.17, 15) is 33.6 Å². The van der Waals surface area contributed by atoms with E-state index in [2.05, 4.69) is 0 Å². The molecule has 0 aromatic rings. The fourth-order valence-corrected chi connectivity index (χ4v) is 28.7. The van der Waals surface area contributed by atoms with E-state index in [1.54, 1.807) is 0 Å². The third-order valence-electron chi connectivity index (χ3n) is 34.4. The molecule has 0 N–H and O–H groups in total. The van der Waals surface area contributed by atoms with Gasteiger partial charge in [0, 0.05) is 17.3 Å². The largest absolute Gasteiger partial charge is 0.462 e. The fourth-order valence-electron chi connectivity index (χ4n) is 28.7. The third kappa shape index (κ3) is 13.0. The molecule has 19 aliphatic carbocycles. The van der Waals surface area contributed by atoms with Crippen LogP contribution in [0, 0.1) is 170 Å². The van der Waals surface area contributed by atoms with E-state index in [1.165, 1.54) is 77.0 Å². The van der Waals surface area contributed by atoms with E-state index in [-0.39, 0.29) is 116 Å². The van der Waals surface area contributed by atoms with E-state index in [1.807, 2.05) is 62.3 Å². The van der Waals surface area contributed by atoms with Gasteiger partial charge >= 0.3 is 35.8 Å². The van der Waals surface area contributed by atoms with Gasteiger partial charge in [-0.25, -0.2) is 0 Å². The Bertz CT molecular complexity index is 3160. The average Bonchev–Trinajstić information content (AvgIpc) is 1.66. The molecule has 19 saturated carbocycles. The highest BCUT2D eigenvalue weighted by Gasteiger charge is 2.72. The number of hydrogen-bond acceptors (Lipinski definition) is 16. The number of fused-ring (bicyclic) bond motifs is 27. The van der Waals surface area contributed by atoms with Crippen molar-refractivity contribution < 1.29 is 76.2 Å². The summed E-state index contributed by atoms with van der Waals surface area (Å²) < 4.78 is 53.7. The van der Waals surface area contributed by atoms with Gasteiger partial charge in [-0.3, -0.25) is 33.6 Å². The Morgan fingerprint density at radius 2 is 0.825 bits per heavy atom. The summed E-state index contributed by atoms with van der Waals surface area (Å²) in [4.78, 5) is 91.0. The van der Waals surface area contributed by atoms with Gasteiger partial charge in [0.2, 0.25) is 0 Å². The zero-order valence-corrected chi connectivity index (χ0v) is 64.4. The summed E-state index contributed by atoms with van der Waals surface area (Å²) in [6.45, 7) is 18.9. The Morgan fingerprint density at radius 1 is 0.417 bits per heavy atom. The summed E-state index contributed by atoms with van der Waals surface area (Å²) in [5, 5.41) is 0. The number of Topliss-reactive ketones (excluding diaryl/α,β-unsaturated/α-hetero) is 1. The first-order valence-corrected chi connectivity index (χ1v) is 42.9. The smallest absolute Gasteiger partial charge is 0.311 e. The molecule has 29 unspecified atom stereocenters. The van der Waals surface area contributed by atoms with E-state index in [0.29, 0.717) is 112 Å². The topological polar surface area (TPSA) is 203 Å². The molecule has 29 atom stereocenters. The van der Waals surface area contributed by atoms with Crippen LogP contribution >= 0.6 is 0 Å². The van der Waals surface area contributed by atoms with Crippen LogP contribution in [0.4, 0.5) is 0 Å². The van der Waals surface area contributed by atoms with E-state index in [0.717, 1.165) is 153 Å². The second-order valence-corrected chi connectivity index (χ2v) is 40.2. The molecule has 0 aliphatic heterocycles. The highest BCUT2D eigenvalue weighted by atomic mass is 16.7. The second-order valence-electron chi connectivity index (χ2n) is 40.2. The lowest BCUT2D eigenvalue weighted by atomic mass is 9.39. The summed E-state index contributed by atoms with van der Waals surface area (Å²) in [6, 6.07) is 0. The van der Waals surface area contributed by atoms with Gasteiger partial charge < -0.3 is 42.6 Å². The zero-order chi connectivity index (χ0) is 71.8. The monoisotopic (exact) mass is 1430 g/mol. The van der Waals surface area contributed by atoms with Crippen molar-refractivity contribution in [2.75, 3.05) is 27.0 Å². The molecule has 19 fully saturated rings. The minimum absolute atomic E-state index is 0.0000699. The predicted octanol–water partition coefficient (Wildman–Crippen LogP) is 16.6. The highest BCUT2D eigenvalue weighted by molar-refractivity contribution is 5.87. The Hall–Kier alpha value is -3.63. The van der Waals surface area contributed by atoms with Gasteiger partial charge in [-0.05, 0) is 320 Å². The Morgan fingerprint density at radius 3 is 1.28 bits per heavy atom. The summed E-state index contributed by atoms with van der Waals surface area (Å²) in [6.07, 6.45) is 36.7. The second kappa shape index (κ2) is 28.7. The van der Waals surface area contributed by atoms with Gasteiger partial charge in [-0.1, -0.05) is 72.1 Å². The first-order valence-electron chi connectivity index (χ1n) is 42.9. The maximum atomic E-state index is 13.6. The molecule has 1 spiro atoms. The molecule has 0 heterocycles.